The fraction of sp³-hybridized carbons (Fsp3) is 0.500. The number of hydrogen-bond donors (Lipinski definition) is 2. The Kier molecular flexibility index (Phi) is 3.23. The summed E-state index contributed by atoms with van der Waals surface area (Å²) in [5, 5.41) is 28.6. The zero-order chi connectivity index (χ0) is 13.4. The molecule has 0 aromatic carbocycles. The highest BCUT2D eigenvalue weighted by molar-refractivity contribution is 5.09. The average Bonchev–Trinajstić information content (AvgIpc) is 2.79. The first-order valence-corrected chi connectivity index (χ1v) is 5.82. The van der Waals surface area contributed by atoms with Gasteiger partial charge in [0, 0.05) is 11.4 Å². The molecule has 0 radical (unpaired) electrons. The van der Waals surface area contributed by atoms with Crippen molar-refractivity contribution in [3.05, 3.63) is 34.9 Å². The molecule has 0 fully saturated rings. The SMILES string of the molecule is Cc1cc(C)n([C@H](O)[C@@H](O)n2nc(C)cc2C)n1. The molecule has 0 aliphatic heterocycles. The van der Waals surface area contributed by atoms with Crippen LogP contribution >= 0.6 is 0 Å². The van der Waals surface area contributed by atoms with Crippen LogP contribution in [0.1, 0.15) is 35.2 Å². The summed E-state index contributed by atoms with van der Waals surface area (Å²) in [5.41, 5.74) is 3.18. The van der Waals surface area contributed by atoms with E-state index in [1.807, 2.05) is 39.8 Å². The van der Waals surface area contributed by atoms with Crippen molar-refractivity contribution < 1.29 is 10.2 Å². The zero-order valence-electron chi connectivity index (χ0n) is 11.0. The minimum Gasteiger partial charge on any atom is -0.368 e. The summed E-state index contributed by atoms with van der Waals surface area (Å²) >= 11 is 0. The molecular formula is C12H18N4O2. The van der Waals surface area contributed by atoms with E-state index in [-0.39, 0.29) is 0 Å². The average molecular weight is 250 g/mol. The van der Waals surface area contributed by atoms with Crippen molar-refractivity contribution in [1.29, 1.82) is 0 Å². The second kappa shape index (κ2) is 4.55. The Morgan fingerprint density at radius 2 is 1.17 bits per heavy atom. The minimum absolute atomic E-state index is 0.792. The fourth-order valence-electron chi connectivity index (χ4n) is 2.08. The van der Waals surface area contributed by atoms with E-state index in [9.17, 15) is 10.2 Å². The van der Waals surface area contributed by atoms with Gasteiger partial charge >= 0.3 is 0 Å². The van der Waals surface area contributed by atoms with Crippen molar-refractivity contribution in [3.8, 4) is 0 Å². The lowest BCUT2D eigenvalue weighted by atomic mass is 10.3. The molecule has 0 amide bonds. The molecule has 2 aromatic rings. The molecule has 2 rings (SSSR count). The lowest BCUT2D eigenvalue weighted by Gasteiger charge is -2.20. The summed E-state index contributed by atoms with van der Waals surface area (Å²) in [6.45, 7) is 7.34. The van der Waals surface area contributed by atoms with E-state index in [1.54, 1.807) is 0 Å². The maximum Gasteiger partial charge on any atom is 0.194 e. The quantitative estimate of drug-likeness (QED) is 0.852. The number of rotatable bonds is 3. The molecule has 2 N–H and O–H groups in total. The van der Waals surface area contributed by atoms with E-state index in [0.717, 1.165) is 22.8 Å². The van der Waals surface area contributed by atoms with Crippen LogP contribution < -0.4 is 0 Å². The van der Waals surface area contributed by atoms with E-state index in [0.29, 0.717) is 0 Å². The van der Waals surface area contributed by atoms with E-state index >= 15 is 0 Å². The van der Waals surface area contributed by atoms with Gasteiger partial charge in [0.1, 0.15) is 0 Å². The molecular weight excluding hydrogens is 232 g/mol. The smallest absolute Gasteiger partial charge is 0.194 e. The molecule has 0 aliphatic rings. The number of aromatic nitrogens is 4. The number of hydrogen-bond acceptors (Lipinski definition) is 4. The van der Waals surface area contributed by atoms with Gasteiger partial charge in [-0.05, 0) is 39.8 Å². The predicted molar refractivity (Wildman–Crippen MR) is 65.9 cm³/mol. The van der Waals surface area contributed by atoms with Gasteiger partial charge in [0.25, 0.3) is 0 Å². The van der Waals surface area contributed by atoms with Crippen LogP contribution in [0.2, 0.25) is 0 Å². The largest absolute Gasteiger partial charge is 0.368 e. The molecule has 0 spiro atoms. The first kappa shape index (κ1) is 12.8. The minimum atomic E-state index is -1.16. The maximum absolute atomic E-state index is 10.2. The van der Waals surface area contributed by atoms with E-state index in [1.165, 1.54) is 9.36 Å². The monoisotopic (exact) mass is 250 g/mol. The Hall–Kier alpha value is -1.66. The summed E-state index contributed by atoms with van der Waals surface area (Å²) in [4.78, 5) is 0. The topological polar surface area (TPSA) is 76.1 Å². The van der Waals surface area contributed by atoms with Crippen LogP contribution in [0.5, 0.6) is 0 Å². The summed E-state index contributed by atoms with van der Waals surface area (Å²) in [7, 11) is 0. The molecule has 6 heteroatoms. The van der Waals surface area contributed by atoms with Crippen LogP contribution in [0.15, 0.2) is 12.1 Å². The first-order chi connectivity index (χ1) is 8.40. The lowest BCUT2D eigenvalue weighted by Crippen LogP contribution is -2.25. The lowest BCUT2D eigenvalue weighted by molar-refractivity contribution is -0.0856. The fourth-order valence-corrected chi connectivity index (χ4v) is 2.08. The Morgan fingerprint density at radius 1 is 0.833 bits per heavy atom. The van der Waals surface area contributed by atoms with Gasteiger partial charge in [0.15, 0.2) is 12.5 Å². The highest BCUT2D eigenvalue weighted by atomic mass is 16.4. The van der Waals surface area contributed by atoms with Crippen LogP contribution in [0.25, 0.3) is 0 Å². The standard InChI is InChI=1S/C12H18N4O2/c1-7-5-9(3)15(13-7)11(17)12(18)16-10(4)6-8(2)14-16/h5-6,11-12,17-18H,1-4H3/t11-,12-/m1/s1. The zero-order valence-corrected chi connectivity index (χ0v) is 11.0. The van der Waals surface area contributed by atoms with E-state index < -0.39 is 12.5 Å². The maximum atomic E-state index is 10.2. The Labute approximate surface area is 105 Å². The van der Waals surface area contributed by atoms with Gasteiger partial charge in [-0.25, -0.2) is 9.36 Å². The molecule has 0 aliphatic carbocycles. The Balaban J connectivity index is 2.31. The second-order valence-corrected chi connectivity index (χ2v) is 4.57. The summed E-state index contributed by atoms with van der Waals surface area (Å²) in [5.74, 6) is 0. The summed E-state index contributed by atoms with van der Waals surface area (Å²) < 4.78 is 2.80. The third kappa shape index (κ3) is 2.16. The van der Waals surface area contributed by atoms with Gasteiger partial charge in [-0.2, -0.15) is 10.2 Å². The van der Waals surface area contributed by atoms with Crippen molar-refractivity contribution in [1.82, 2.24) is 19.6 Å². The third-order valence-corrected chi connectivity index (χ3v) is 2.86. The molecule has 0 bridgehead atoms. The van der Waals surface area contributed by atoms with Crippen molar-refractivity contribution in [2.24, 2.45) is 0 Å². The Bertz CT molecular complexity index is 508. The van der Waals surface area contributed by atoms with Crippen LogP contribution in [-0.2, 0) is 0 Å². The van der Waals surface area contributed by atoms with E-state index in [4.69, 9.17) is 0 Å². The summed E-state index contributed by atoms with van der Waals surface area (Å²) in [6.07, 6.45) is -2.31. The van der Waals surface area contributed by atoms with Gasteiger partial charge in [-0.3, -0.25) is 0 Å². The van der Waals surface area contributed by atoms with Gasteiger partial charge < -0.3 is 10.2 Å². The highest BCUT2D eigenvalue weighted by Crippen LogP contribution is 2.21. The number of aliphatic hydroxyl groups excluding tert-OH is 2. The predicted octanol–water partition coefficient (Wildman–Crippen LogP) is 0.995. The molecule has 6 nitrogen and oxygen atoms in total. The number of aliphatic hydroxyl groups is 2. The van der Waals surface area contributed by atoms with Crippen LogP contribution in [0.4, 0.5) is 0 Å². The summed E-state index contributed by atoms with van der Waals surface area (Å²) in [6, 6.07) is 3.69. The molecule has 2 atom stereocenters. The Morgan fingerprint density at radius 3 is 1.39 bits per heavy atom. The molecule has 98 valence electrons. The van der Waals surface area contributed by atoms with Crippen LogP contribution in [0.3, 0.4) is 0 Å². The second-order valence-electron chi connectivity index (χ2n) is 4.57. The molecule has 0 unspecified atom stereocenters. The highest BCUT2D eigenvalue weighted by Gasteiger charge is 2.24. The molecule has 2 heterocycles. The third-order valence-electron chi connectivity index (χ3n) is 2.86. The van der Waals surface area contributed by atoms with Gasteiger partial charge in [-0.15, -0.1) is 0 Å². The van der Waals surface area contributed by atoms with Crippen molar-refractivity contribution in [3.63, 3.8) is 0 Å². The first-order valence-electron chi connectivity index (χ1n) is 5.82. The van der Waals surface area contributed by atoms with Gasteiger partial charge in [-0.1, -0.05) is 0 Å². The van der Waals surface area contributed by atoms with Crippen molar-refractivity contribution in [2.45, 2.75) is 40.2 Å². The van der Waals surface area contributed by atoms with Gasteiger partial charge in [0.2, 0.25) is 0 Å². The van der Waals surface area contributed by atoms with Crippen molar-refractivity contribution in [2.75, 3.05) is 0 Å². The molecule has 0 saturated heterocycles. The normalized spacial score (nSPS) is 14.8. The number of aryl methyl sites for hydroxylation is 4. The van der Waals surface area contributed by atoms with Crippen molar-refractivity contribution >= 4 is 0 Å². The molecule has 18 heavy (non-hydrogen) atoms. The molecule has 0 saturated carbocycles. The molecule has 2 aromatic heterocycles. The van der Waals surface area contributed by atoms with Crippen LogP contribution in [-0.4, -0.2) is 29.8 Å². The van der Waals surface area contributed by atoms with Gasteiger partial charge in [0.05, 0.1) is 11.4 Å². The number of nitrogens with zero attached hydrogens (tertiary/aromatic N) is 4. The van der Waals surface area contributed by atoms with E-state index in [2.05, 4.69) is 10.2 Å². The van der Waals surface area contributed by atoms with Crippen LogP contribution in [0, 0.1) is 27.7 Å².